The molecule has 1 fully saturated rings. The molecule has 3 N–H and O–H groups in total. The smallest absolute Gasteiger partial charge is 0.329 e. The van der Waals surface area contributed by atoms with Gasteiger partial charge in [0.05, 0.1) is 17.7 Å². The molecular weight excluding hydrogens is 358 g/mol. The largest absolute Gasteiger partial charge is 0.480 e. The Morgan fingerprint density at radius 1 is 1.26 bits per heavy atom. The lowest BCUT2D eigenvalue weighted by molar-refractivity contribution is -0.142. The highest BCUT2D eigenvalue weighted by molar-refractivity contribution is 6.25. The number of hydrogen-bond donors (Lipinski definition) is 3. The highest BCUT2D eigenvalue weighted by atomic mass is 16.5. The number of fused-ring (bicyclic) bond motifs is 1. The van der Waals surface area contributed by atoms with Crippen LogP contribution in [0.3, 0.4) is 0 Å². The molecule has 10 heteroatoms. The van der Waals surface area contributed by atoms with Crippen molar-refractivity contribution in [3.05, 3.63) is 29.3 Å². The Balaban J connectivity index is 1.75. The summed E-state index contributed by atoms with van der Waals surface area (Å²) in [5, 5.41) is 13.6. The number of carbonyl (C=O) groups is 5. The number of hydrogen-bond acceptors (Lipinski definition) is 7. The topological polar surface area (TPSA) is 142 Å². The Bertz CT molecular complexity index is 836. The first-order valence-electron chi connectivity index (χ1n) is 8.28. The third-order valence-electron chi connectivity index (χ3n) is 4.26. The molecule has 142 valence electrons. The Hall–Kier alpha value is -3.27. The maximum Gasteiger partial charge on any atom is 0.329 e. The molecule has 10 nitrogen and oxygen atoms in total. The van der Waals surface area contributed by atoms with Crippen LogP contribution < -0.4 is 10.6 Å². The SMILES string of the molecule is O=C(O)COCCNc1cccc2c1C(=O)N(C1CCC(=O)NC1=O)C2=O. The monoisotopic (exact) mass is 375 g/mol. The van der Waals surface area contributed by atoms with Gasteiger partial charge in [-0.3, -0.25) is 29.4 Å². The zero-order chi connectivity index (χ0) is 19.6. The molecule has 2 aliphatic rings. The van der Waals surface area contributed by atoms with E-state index in [1.54, 1.807) is 12.1 Å². The summed E-state index contributed by atoms with van der Waals surface area (Å²) < 4.78 is 4.92. The molecule has 1 saturated heterocycles. The lowest BCUT2D eigenvalue weighted by atomic mass is 10.0. The number of amides is 4. The fourth-order valence-electron chi connectivity index (χ4n) is 3.08. The van der Waals surface area contributed by atoms with E-state index in [1.807, 2.05) is 0 Å². The van der Waals surface area contributed by atoms with E-state index >= 15 is 0 Å². The number of carbonyl (C=O) groups excluding carboxylic acids is 4. The van der Waals surface area contributed by atoms with Crippen LogP contribution in [0, 0.1) is 0 Å². The van der Waals surface area contributed by atoms with Crippen molar-refractivity contribution in [2.45, 2.75) is 18.9 Å². The second kappa shape index (κ2) is 7.54. The van der Waals surface area contributed by atoms with Gasteiger partial charge < -0.3 is 15.2 Å². The van der Waals surface area contributed by atoms with Gasteiger partial charge in [0.2, 0.25) is 11.8 Å². The van der Waals surface area contributed by atoms with Gasteiger partial charge in [0.15, 0.2) is 0 Å². The quantitative estimate of drug-likeness (QED) is 0.432. The Morgan fingerprint density at radius 2 is 2.04 bits per heavy atom. The molecule has 1 unspecified atom stereocenters. The summed E-state index contributed by atoms with van der Waals surface area (Å²) in [4.78, 5) is 60.1. The number of nitrogens with zero attached hydrogens (tertiary/aromatic N) is 1. The Labute approximate surface area is 153 Å². The fraction of sp³-hybridized carbons (Fsp3) is 0.353. The first-order valence-corrected chi connectivity index (χ1v) is 8.28. The first kappa shape index (κ1) is 18.5. The molecule has 1 atom stereocenters. The van der Waals surface area contributed by atoms with Gasteiger partial charge in [0.25, 0.3) is 11.8 Å². The molecule has 3 rings (SSSR count). The number of benzene rings is 1. The van der Waals surface area contributed by atoms with E-state index in [1.165, 1.54) is 6.07 Å². The van der Waals surface area contributed by atoms with E-state index in [0.29, 0.717) is 5.69 Å². The van der Waals surface area contributed by atoms with E-state index in [9.17, 15) is 24.0 Å². The maximum atomic E-state index is 12.8. The van der Waals surface area contributed by atoms with Crippen molar-refractivity contribution < 1.29 is 33.8 Å². The fourth-order valence-corrected chi connectivity index (χ4v) is 3.08. The zero-order valence-electron chi connectivity index (χ0n) is 14.2. The number of anilines is 1. The molecular formula is C17H17N3O7. The average molecular weight is 375 g/mol. The summed E-state index contributed by atoms with van der Waals surface area (Å²) in [6.45, 7) is -0.117. The molecule has 0 aromatic heterocycles. The molecule has 4 amide bonds. The van der Waals surface area contributed by atoms with Crippen LogP contribution in [0.2, 0.25) is 0 Å². The number of aliphatic carboxylic acids is 1. The molecule has 2 aliphatic heterocycles. The second-order valence-corrected chi connectivity index (χ2v) is 6.05. The van der Waals surface area contributed by atoms with Crippen LogP contribution in [0.15, 0.2) is 18.2 Å². The van der Waals surface area contributed by atoms with Crippen LogP contribution in [0.1, 0.15) is 33.6 Å². The highest BCUT2D eigenvalue weighted by Crippen LogP contribution is 2.32. The number of ether oxygens (including phenoxy) is 1. The van der Waals surface area contributed by atoms with Crippen LogP contribution in [0.5, 0.6) is 0 Å². The van der Waals surface area contributed by atoms with Crippen molar-refractivity contribution in [2.75, 3.05) is 25.1 Å². The summed E-state index contributed by atoms with van der Waals surface area (Å²) in [6, 6.07) is 3.67. The van der Waals surface area contributed by atoms with Crippen LogP contribution >= 0.6 is 0 Å². The van der Waals surface area contributed by atoms with Gasteiger partial charge in [-0.2, -0.15) is 0 Å². The van der Waals surface area contributed by atoms with Crippen molar-refractivity contribution in [2.24, 2.45) is 0 Å². The molecule has 1 aromatic carbocycles. The minimum absolute atomic E-state index is 0.0514. The van der Waals surface area contributed by atoms with Crippen molar-refractivity contribution in [3.8, 4) is 0 Å². The van der Waals surface area contributed by atoms with Gasteiger partial charge in [0.1, 0.15) is 12.6 Å². The Kier molecular flexibility index (Phi) is 5.17. The van der Waals surface area contributed by atoms with Crippen molar-refractivity contribution in [1.82, 2.24) is 10.2 Å². The summed E-state index contributed by atoms with van der Waals surface area (Å²) >= 11 is 0. The first-order chi connectivity index (χ1) is 12.9. The van der Waals surface area contributed by atoms with Crippen LogP contribution in [0.4, 0.5) is 5.69 Å². The standard InChI is InChI=1S/C17H17N3O7/c21-12-5-4-11(15(24)19-12)20-16(25)9-2-1-3-10(14(9)17(20)26)18-6-7-27-8-13(22)23/h1-3,11,18H,4-8H2,(H,22,23)(H,19,21,24). The van der Waals surface area contributed by atoms with Gasteiger partial charge in [-0.25, -0.2) is 4.79 Å². The lowest BCUT2D eigenvalue weighted by Gasteiger charge is -2.27. The van der Waals surface area contributed by atoms with E-state index in [-0.39, 0.29) is 37.1 Å². The summed E-state index contributed by atoms with van der Waals surface area (Å²) in [7, 11) is 0. The van der Waals surface area contributed by atoms with Crippen LogP contribution in [0.25, 0.3) is 0 Å². The van der Waals surface area contributed by atoms with E-state index < -0.39 is 42.2 Å². The average Bonchev–Trinajstić information content (AvgIpc) is 2.87. The van der Waals surface area contributed by atoms with Gasteiger partial charge in [0, 0.05) is 18.7 Å². The number of rotatable bonds is 7. The minimum Gasteiger partial charge on any atom is -0.480 e. The minimum atomic E-state index is -1.09. The van der Waals surface area contributed by atoms with Crippen molar-refractivity contribution in [1.29, 1.82) is 0 Å². The van der Waals surface area contributed by atoms with Gasteiger partial charge in [-0.1, -0.05) is 6.07 Å². The van der Waals surface area contributed by atoms with Gasteiger partial charge in [-0.15, -0.1) is 0 Å². The summed E-state index contributed by atoms with van der Waals surface area (Å²) in [6.07, 6.45) is 0.137. The molecule has 27 heavy (non-hydrogen) atoms. The molecule has 0 radical (unpaired) electrons. The molecule has 0 bridgehead atoms. The van der Waals surface area contributed by atoms with Crippen LogP contribution in [-0.4, -0.2) is 65.4 Å². The molecule has 0 aliphatic carbocycles. The van der Waals surface area contributed by atoms with Crippen molar-refractivity contribution >= 4 is 35.3 Å². The van der Waals surface area contributed by atoms with E-state index in [0.717, 1.165) is 4.90 Å². The lowest BCUT2D eigenvalue weighted by Crippen LogP contribution is -2.54. The number of carboxylic acids is 1. The maximum absolute atomic E-state index is 12.8. The third-order valence-corrected chi connectivity index (χ3v) is 4.26. The number of imide groups is 2. The van der Waals surface area contributed by atoms with Crippen LogP contribution in [-0.2, 0) is 19.1 Å². The predicted molar refractivity (Wildman–Crippen MR) is 90.1 cm³/mol. The zero-order valence-corrected chi connectivity index (χ0v) is 14.2. The molecule has 0 spiro atoms. The Morgan fingerprint density at radius 3 is 2.74 bits per heavy atom. The number of nitrogens with one attached hydrogen (secondary N) is 2. The highest BCUT2D eigenvalue weighted by Gasteiger charge is 2.45. The number of carboxylic acid groups (broad SMARTS) is 1. The predicted octanol–water partition coefficient (Wildman–Crippen LogP) is -0.399. The summed E-state index contributed by atoms with van der Waals surface area (Å²) in [5.74, 6) is -3.39. The third kappa shape index (κ3) is 3.65. The molecule has 0 saturated carbocycles. The van der Waals surface area contributed by atoms with E-state index in [2.05, 4.69) is 10.6 Å². The second-order valence-electron chi connectivity index (χ2n) is 6.05. The molecule has 2 heterocycles. The van der Waals surface area contributed by atoms with E-state index in [4.69, 9.17) is 9.84 Å². The summed E-state index contributed by atoms with van der Waals surface area (Å²) in [5.41, 5.74) is 0.700. The number of piperidine rings is 1. The molecule has 1 aromatic rings. The normalized spacial score (nSPS) is 19.1. The van der Waals surface area contributed by atoms with Gasteiger partial charge in [-0.05, 0) is 18.6 Å². The van der Waals surface area contributed by atoms with Gasteiger partial charge >= 0.3 is 5.97 Å². The van der Waals surface area contributed by atoms with Crippen molar-refractivity contribution in [3.63, 3.8) is 0 Å².